The van der Waals surface area contributed by atoms with Crippen molar-refractivity contribution in [2.75, 3.05) is 24.7 Å². The smallest absolute Gasteiger partial charge is 0.0958 e. The molecule has 0 spiro atoms. The summed E-state index contributed by atoms with van der Waals surface area (Å²) in [7, 11) is 3.98. The summed E-state index contributed by atoms with van der Waals surface area (Å²) in [5.74, 6) is 0.474. The van der Waals surface area contributed by atoms with Gasteiger partial charge >= 0.3 is 0 Å². The summed E-state index contributed by atoms with van der Waals surface area (Å²) in [6.07, 6.45) is 0. The van der Waals surface area contributed by atoms with Gasteiger partial charge in [0.05, 0.1) is 22.1 Å². The Kier molecular flexibility index (Phi) is 3.57. The van der Waals surface area contributed by atoms with Gasteiger partial charge in [0, 0.05) is 31.0 Å². The maximum atomic E-state index is 6.06. The number of rotatable bonds is 3. The molecule has 2 aromatic rings. The van der Waals surface area contributed by atoms with Crippen LogP contribution < -0.4 is 10.6 Å². The van der Waals surface area contributed by atoms with Crippen LogP contribution in [-0.2, 0) is 0 Å². The molecule has 2 rings (SSSR count). The van der Waals surface area contributed by atoms with Crippen molar-refractivity contribution in [2.24, 2.45) is 0 Å². The van der Waals surface area contributed by atoms with E-state index in [1.165, 1.54) is 5.01 Å². The second-order valence-corrected chi connectivity index (χ2v) is 5.78. The minimum Gasteiger partial charge on any atom is -0.397 e. The van der Waals surface area contributed by atoms with E-state index < -0.39 is 0 Å². The number of nitrogens with two attached hydrogens (primary N) is 1. The van der Waals surface area contributed by atoms with Gasteiger partial charge in [0.25, 0.3) is 0 Å². The molecule has 0 atom stereocenters. The highest BCUT2D eigenvalue weighted by Crippen LogP contribution is 2.30. The highest BCUT2D eigenvalue weighted by atomic mass is 32.1. The second-order valence-electron chi connectivity index (χ2n) is 4.89. The quantitative estimate of drug-likeness (QED) is 0.859. The Bertz CT molecular complexity index is 544. The number of nitrogen functional groups attached to an aromatic ring is 1. The van der Waals surface area contributed by atoms with E-state index in [1.807, 2.05) is 31.1 Å². The molecule has 0 saturated heterocycles. The molecular formula is C14H19N3S. The number of benzene rings is 1. The van der Waals surface area contributed by atoms with E-state index >= 15 is 0 Å². The predicted molar refractivity (Wildman–Crippen MR) is 80.4 cm³/mol. The molecule has 2 N–H and O–H groups in total. The Hall–Kier alpha value is -1.55. The Labute approximate surface area is 112 Å². The van der Waals surface area contributed by atoms with Crippen molar-refractivity contribution >= 4 is 22.7 Å². The van der Waals surface area contributed by atoms with Gasteiger partial charge in [-0.2, -0.15) is 0 Å². The monoisotopic (exact) mass is 261 g/mol. The van der Waals surface area contributed by atoms with Crippen molar-refractivity contribution in [1.82, 2.24) is 4.98 Å². The lowest BCUT2D eigenvalue weighted by molar-refractivity contribution is 0.853. The number of anilines is 2. The zero-order chi connectivity index (χ0) is 13.3. The van der Waals surface area contributed by atoms with Crippen molar-refractivity contribution < 1.29 is 0 Å². The van der Waals surface area contributed by atoms with Crippen LogP contribution in [-0.4, -0.2) is 19.1 Å². The highest BCUT2D eigenvalue weighted by molar-refractivity contribution is 7.10. The van der Waals surface area contributed by atoms with E-state index in [-0.39, 0.29) is 0 Å². The van der Waals surface area contributed by atoms with Gasteiger partial charge in [-0.1, -0.05) is 19.9 Å². The second kappa shape index (κ2) is 4.98. The summed E-state index contributed by atoms with van der Waals surface area (Å²) in [5.41, 5.74) is 9.99. The number of thiazole rings is 1. The van der Waals surface area contributed by atoms with Gasteiger partial charge < -0.3 is 10.6 Å². The fourth-order valence-corrected chi connectivity index (χ4v) is 2.65. The molecule has 1 aromatic carbocycles. The molecule has 0 aliphatic rings. The lowest BCUT2D eigenvalue weighted by Gasteiger charge is -2.15. The SMILES string of the molecule is CC(C)c1nc(-c2ccc(N(C)C)c(N)c2)cs1. The Morgan fingerprint density at radius 2 is 2.00 bits per heavy atom. The van der Waals surface area contributed by atoms with E-state index in [0.29, 0.717) is 5.92 Å². The van der Waals surface area contributed by atoms with Crippen LogP contribution in [0.25, 0.3) is 11.3 Å². The van der Waals surface area contributed by atoms with Crippen LogP contribution in [0.5, 0.6) is 0 Å². The predicted octanol–water partition coefficient (Wildman–Crippen LogP) is 3.58. The lowest BCUT2D eigenvalue weighted by Crippen LogP contribution is -2.10. The van der Waals surface area contributed by atoms with E-state index in [4.69, 9.17) is 5.73 Å². The zero-order valence-corrected chi connectivity index (χ0v) is 12.1. The van der Waals surface area contributed by atoms with E-state index in [9.17, 15) is 0 Å². The molecular weight excluding hydrogens is 242 g/mol. The van der Waals surface area contributed by atoms with Gasteiger partial charge in [0.1, 0.15) is 0 Å². The lowest BCUT2D eigenvalue weighted by atomic mass is 10.1. The fourth-order valence-electron chi connectivity index (χ4n) is 1.81. The minimum absolute atomic E-state index is 0.474. The van der Waals surface area contributed by atoms with Crippen LogP contribution in [0, 0.1) is 0 Å². The molecule has 0 fully saturated rings. The first kappa shape index (κ1) is 12.9. The van der Waals surface area contributed by atoms with Gasteiger partial charge in [0.2, 0.25) is 0 Å². The molecule has 0 radical (unpaired) electrons. The Morgan fingerprint density at radius 3 is 2.50 bits per heavy atom. The standard InChI is InChI=1S/C14H19N3S/c1-9(2)14-16-12(8-18-14)10-5-6-13(17(3)4)11(15)7-10/h5-9H,15H2,1-4H3. The maximum Gasteiger partial charge on any atom is 0.0958 e. The van der Waals surface area contributed by atoms with Gasteiger partial charge in [-0.25, -0.2) is 4.98 Å². The number of hydrogen-bond donors (Lipinski definition) is 1. The van der Waals surface area contributed by atoms with Crippen LogP contribution in [0.2, 0.25) is 0 Å². The Morgan fingerprint density at radius 1 is 1.28 bits per heavy atom. The van der Waals surface area contributed by atoms with Crippen molar-refractivity contribution in [3.63, 3.8) is 0 Å². The van der Waals surface area contributed by atoms with Gasteiger partial charge in [-0.15, -0.1) is 11.3 Å². The van der Waals surface area contributed by atoms with Gasteiger partial charge in [-0.3, -0.25) is 0 Å². The summed E-state index contributed by atoms with van der Waals surface area (Å²) in [5, 5.41) is 3.26. The number of nitrogens with zero attached hydrogens (tertiary/aromatic N) is 2. The van der Waals surface area contributed by atoms with Crippen LogP contribution in [0.3, 0.4) is 0 Å². The molecule has 1 aromatic heterocycles. The van der Waals surface area contributed by atoms with Crippen LogP contribution in [0.15, 0.2) is 23.6 Å². The van der Waals surface area contributed by atoms with E-state index in [1.54, 1.807) is 11.3 Å². The molecule has 0 aliphatic heterocycles. The third-order valence-corrected chi connectivity index (χ3v) is 3.97. The minimum atomic E-state index is 0.474. The summed E-state index contributed by atoms with van der Waals surface area (Å²) >= 11 is 1.71. The van der Waals surface area contributed by atoms with Gasteiger partial charge in [0.15, 0.2) is 0 Å². The first-order valence-corrected chi connectivity index (χ1v) is 6.89. The molecule has 0 amide bonds. The highest BCUT2D eigenvalue weighted by Gasteiger charge is 2.09. The van der Waals surface area contributed by atoms with Crippen molar-refractivity contribution in [1.29, 1.82) is 0 Å². The zero-order valence-electron chi connectivity index (χ0n) is 11.3. The van der Waals surface area contributed by atoms with Crippen LogP contribution >= 0.6 is 11.3 Å². The first-order chi connectivity index (χ1) is 8.49. The fraction of sp³-hybridized carbons (Fsp3) is 0.357. The Balaban J connectivity index is 2.36. The third-order valence-electron chi connectivity index (χ3n) is 2.82. The third kappa shape index (κ3) is 2.48. The van der Waals surface area contributed by atoms with E-state index in [2.05, 4.69) is 30.3 Å². The molecule has 0 unspecified atom stereocenters. The summed E-state index contributed by atoms with van der Waals surface area (Å²) in [6.45, 7) is 4.32. The summed E-state index contributed by atoms with van der Waals surface area (Å²) in [6, 6.07) is 6.11. The van der Waals surface area contributed by atoms with Crippen molar-refractivity contribution in [3.05, 3.63) is 28.6 Å². The normalized spacial score (nSPS) is 10.9. The topological polar surface area (TPSA) is 42.2 Å². The molecule has 0 saturated carbocycles. The summed E-state index contributed by atoms with van der Waals surface area (Å²) in [4.78, 5) is 6.66. The average Bonchev–Trinajstić information content (AvgIpc) is 2.77. The van der Waals surface area contributed by atoms with Crippen LogP contribution in [0.1, 0.15) is 24.8 Å². The van der Waals surface area contributed by atoms with Crippen LogP contribution in [0.4, 0.5) is 11.4 Å². The molecule has 0 aliphatic carbocycles. The number of aromatic nitrogens is 1. The molecule has 96 valence electrons. The largest absolute Gasteiger partial charge is 0.397 e. The van der Waals surface area contributed by atoms with Gasteiger partial charge in [-0.05, 0) is 12.1 Å². The molecule has 4 heteroatoms. The maximum absolute atomic E-state index is 6.06. The molecule has 1 heterocycles. The molecule has 3 nitrogen and oxygen atoms in total. The number of hydrogen-bond acceptors (Lipinski definition) is 4. The average molecular weight is 261 g/mol. The molecule has 0 bridgehead atoms. The first-order valence-electron chi connectivity index (χ1n) is 6.01. The van der Waals surface area contributed by atoms with E-state index in [0.717, 1.165) is 22.6 Å². The van der Waals surface area contributed by atoms with Crippen molar-refractivity contribution in [3.8, 4) is 11.3 Å². The van der Waals surface area contributed by atoms with Crippen molar-refractivity contribution in [2.45, 2.75) is 19.8 Å². The summed E-state index contributed by atoms with van der Waals surface area (Å²) < 4.78 is 0. The molecule has 18 heavy (non-hydrogen) atoms.